The minimum absolute atomic E-state index is 0.0135. The predicted octanol–water partition coefficient (Wildman–Crippen LogP) is 2.24. The lowest BCUT2D eigenvalue weighted by molar-refractivity contribution is -0.0546. The van der Waals surface area contributed by atoms with Crippen molar-refractivity contribution in [1.82, 2.24) is 0 Å². The average Bonchev–Trinajstić information content (AvgIpc) is 1.88. The van der Waals surface area contributed by atoms with Gasteiger partial charge in [-0.15, -0.1) is 0 Å². The van der Waals surface area contributed by atoms with Gasteiger partial charge >= 0.3 is 0 Å². The van der Waals surface area contributed by atoms with E-state index in [9.17, 15) is 13.9 Å². The fourth-order valence-electron chi connectivity index (χ4n) is 1.27. The van der Waals surface area contributed by atoms with Crippen molar-refractivity contribution in [2.24, 2.45) is 5.92 Å². The quantitative estimate of drug-likeness (QED) is 0.545. The highest BCUT2D eigenvalue weighted by Gasteiger charge is 2.34. The molecule has 0 heterocycles. The molecular weight excluding hydrogens is 138 g/mol. The molecule has 0 bridgehead atoms. The van der Waals surface area contributed by atoms with Crippen LogP contribution < -0.4 is 0 Å². The molecule has 0 spiro atoms. The van der Waals surface area contributed by atoms with E-state index in [0.29, 0.717) is 12.8 Å². The van der Waals surface area contributed by atoms with Crippen LogP contribution >= 0.6 is 0 Å². The fraction of sp³-hybridized carbons (Fsp3) is 1.00. The highest BCUT2D eigenvalue weighted by molar-refractivity contribution is 4.76. The van der Waals surface area contributed by atoms with E-state index in [4.69, 9.17) is 0 Å². The van der Waals surface area contributed by atoms with Gasteiger partial charge in [0.1, 0.15) is 0 Å². The van der Waals surface area contributed by atoms with Crippen molar-refractivity contribution in [1.29, 1.82) is 0 Å². The van der Waals surface area contributed by atoms with Crippen molar-refractivity contribution < 1.29 is 13.9 Å². The molecule has 1 rings (SSSR count). The third-order valence-corrected chi connectivity index (χ3v) is 2.07. The van der Waals surface area contributed by atoms with Crippen molar-refractivity contribution in [3.63, 3.8) is 0 Å². The maximum absolute atomic E-state index is 12.4. The van der Waals surface area contributed by atoms with E-state index in [-0.39, 0.29) is 25.4 Å². The zero-order valence-corrected chi connectivity index (χ0v) is 5.78. The molecule has 0 atom stereocenters. The Morgan fingerprint density at radius 1 is 1.30 bits per heavy atom. The van der Waals surface area contributed by atoms with Crippen molar-refractivity contribution in [2.75, 3.05) is 6.61 Å². The molecule has 0 aromatic heterocycles. The summed E-state index contributed by atoms with van der Waals surface area (Å²) >= 11 is 0. The maximum atomic E-state index is 12.4. The Labute approximate surface area is 59.0 Å². The molecular formula is C7H11F2O. The Morgan fingerprint density at radius 3 is 2.20 bits per heavy atom. The second-order valence-electron chi connectivity index (χ2n) is 2.97. The summed E-state index contributed by atoms with van der Waals surface area (Å²) in [6, 6.07) is 0. The Morgan fingerprint density at radius 2 is 1.80 bits per heavy atom. The van der Waals surface area contributed by atoms with E-state index in [2.05, 4.69) is 0 Å². The summed E-state index contributed by atoms with van der Waals surface area (Å²) in [5.41, 5.74) is 0. The SMILES string of the molecule is [O]CC1CCC(F)(F)CC1. The maximum Gasteiger partial charge on any atom is 0.248 e. The molecule has 1 radical (unpaired) electrons. The van der Waals surface area contributed by atoms with Gasteiger partial charge in [0.15, 0.2) is 0 Å². The molecule has 0 unspecified atom stereocenters. The molecule has 1 nitrogen and oxygen atoms in total. The van der Waals surface area contributed by atoms with Crippen LogP contribution in [0.2, 0.25) is 0 Å². The lowest BCUT2D eigenvalue weighted by atomic mass is 9.87. The van der Waals surface area contributed by atoms with Crippen molar-refractivity contribution in [3.8, 4) is 0 Å². The fourth-order valence-corrected chi connectivity index (χ4v) is 1.27. The topological polar surface area (TPSA) is 19.9 Å². The number of hydrogen-bond donors (Lipinski definition) is 0. The first-order valence-corrected chi connectivity index (χ1v) is 3.60. The normalized spacial score (nSPS) is 26.7. The van der Waals surface area contributed by atoms with Crippen LogP contribution in [0.5, 0.6) is 0 Å². The van der Waals surface area contributed by atoms with Crippen molar-refractivity contribution in [3.05, 3.63) is 0 Å². The van der Waals surface area contributed by atoms with Crippen LogP contribution in [-0.4, -0.2) is 12.5 Å². The van der Waals surface area contributed by atoms with Gasteiger partial charge in [-0.25, -0.2) is 13.9 Å². The standard InChI is InChI=1S/C7H11F2O/c8-7(9)3-1-6(5-10)2-4-7/h6H,1-5H2. The average molecular weight is 149 g/mol. The van der Waals surface area contributed by atoms with E-state index < -0.39 is 5.92 Å². The summed E-state index contributed by atoms with van der Waals surface area (Å²) in [5.74, 6) is -2.47. The van der Waals surface area contributed by atoms with Gasteiger partial charge < -0.3 is 0 Å². The molecule has 0 N–H and O–H groups in total. The number of rotatable bonds is 1. The van der Waals surface area contributed by atoms with Gasteiger partial charge in [0.2, 0.25) is 5.92 Å². The van der Waals surface area contributed by atoms with E-state index in [0.717, 1.165) is 0 Å². The monoisotopic (exact) mass is 149 g/mol. The molecule has 10 heavy (non-hydrogen) atoms. The third kappa shape index (κ3) is 1.90. The minimum atomic E-state index is -2.48. The number of alkyl halides is 2. The smallest absolute Gasteiger partial charge is 0.236 e. The summed E-state index contributed by atoms with van der Waals surface area (Å²) < 4.78 is 24.8. The molecule has 59 valence electrons. The van der Waals surface area contributed by atoms with Crippen LogP contribution in [0.4, 0.5) is 8.78 Å². The van der Waals surface area contributed by atoms with Gasteiger partial charge in [-0.1, -0.05) is 0 Å². The lowest BCUT2D eigenvalue weighted by Crippen LogP contribution is -2.25. The van der Waals surface area contributed by atoms with Gasteiger partial charge in [0.25, 0.3) is 0 Å². The molecule has 1 aliphatic rings. The highest BCUT2D eigenvalue weighted by Crippen LogP contribution is 2.35. The Bertz CT molecular complexity index is 104. The largest absolute Gasteiger partial charge is 0.248 e. The first-order valence-electron chi connectivity index (χ1n) is 3.60. The summed E-state index contributed by atoms with van der Waals surface area (Å²) in [5, 5.41) is 10.3. The summed E-state index contributed by atoms with van der Waals surface area (Å²) in [6.45, 7) is -0.184. The molecule has 0 aliphatic heterocycles. The van der Waals surface area contributed by atoms with Gasteiger partial charge in [0, 0.05) is 12.8 Å². The third-order valence-electron chi connectivity index (χ3n) is 2.07. The molecule has 3 heteroatoms. The van der Waals surface area contributed by atoms with Gasteiger partial charge in [0.05, 0.1) is 6.61 Å². The second-order valence-corrected chi connectivity index (χ2v) is 2.97. The zero-order chi connectivity index (χ0) is 7.61. The molecule has 0 aromatic rings. The minimum Gasteiger partial charge on any atom is -0.236 e. The van der Waals surface area contributed by atoms with Crippen LogP contribution in [0.15, 0.2) is 0 Å². The molecule has 0 amide bonds. The molecule has 1 fully saturated rings. The lowest BCUT2D eigenvalue weighted by Gasteiger charge is -2.26. The summed E-state index contributed by atoms with van der Waals surface area (Å²) in [7, 11) is 0. The van der Waals surface area contributed by atoms with E-state index >= 15 is 0 Å². The van der Waals surface area contributed by atoms with E-state index in [1.165, 1.54) is 0 Å². The van der Waals surface area contributed by atoms with Crippen LogP contribution in [0.25, 0.3) is 0 Å². The van der Waals surface area contributed by atoms with E-state index in [1.54, 1.807) is 0 Å². The first-order chi connectivity index (χ1) is 4.64. The summed E-state index contributed by atoms with van der Waals surface area (Å²) in [6.07, 6.45) is 0.660. The van der Waals surface area contributed by atoms with Gasteiger partial charge in [-0.2, -0.15) is 0 Å². The Kier molecular flexibility index (Phi) is 2.24. The van der Waals surface area contributed by atoms with Crippen LogP contribution in [0.3, 0.4) is 0 Å². The highest BCUT2D eigenvalue weighted by atomic mass is 19.3. The second kappa shape index (κ2) is 2.82. The molecule has 1 aliphatic carbocycles. The van der Waals surface area contributed by atoms with Gasteiger partial charge in [-0.3, -0.25) is 0 Å². The predicted molar refractivity (Wildman–Crippen MR) is 32.5 cm³/mol. The first kappa shape index (κ1) is 7.92. The zero-order valence-electron chi connectivity index (χ0n) is 5.78. The van der Waals surface area contributed by atoms with Crippen molar-refractivity contribution in [2.45, 2.75) is 31.6 Å². The molecule has 0 aromatic carbocycles. The number of halogens is 2. The summed E-state index contributed by atoms with van der Waals surface area (Å²) in [4.78, 5) is 0. The van der Waals surface area contributed by atoms with Crippen LogP contribution in [0.1, 0.15) is 25.7 Å². The Hall–Kier alpha value is -0.180. The van der Waals surface area contributed by atoms with Gasteiger partial charge in [-0.05, 0) is 18.8 Å². The van der Waals surface area contributed by atoms with Crippen molar-refractivity contribution >= 4 is 0 Å². The molecule has 0 saturated heterocycles. The van der Waals surface area contributed by atoms with Crippen LogP contribution in [-0.2, 0) is 5.11 Å². The molecule has 1 saturated carbocycles. The Balaban J connectivity index is 2.31. The van der Waals surface area contributed by atoms with Crippen LogP contribution in [0, 0.1) is 5.92 Å². The van der Waals surface area contributed by atoms with E-state index in [1.807, 2.05) is 0 Å². The number of hydrogen-bond acceptors (Lipinski definition) is 0.